The summed E-state index contributed by atoms with van der Waals surface area (Å²) in [7, 11) is 0. The van der Waals surface area contributed by atoms with Gasteiger partial charge >= 0.3 is 6.03 Å². The van der Waals surface area contributed by atoms with E-state index in [0.717, 1.165) is 4.90 Å². The summed E-state index contributed by atoms with van der Waals surface area (Å²) in [6.07, 6.45) is 0. The van der Waals surface area contributed by atoms with E-state index >= 15 is 0 Å². The number of hydrogen-bond donors (Lipinski definition) is 3. The lowest BCUT2D eigenvalue weighted by Gasteiger charge is -2.23. The average molecular weight is 415 g/mol. The third-order valence-electron chi connectivity index (χ3n) is 3.94. The third kappa shape index (κ3) is 4.70. The van der Waals surface area contributed by atoms with Gasteiger partial charge in [-0.25, -0.2) is 4.79 Å². The van der Waals surface area contributed by atoms with E-state index in [-0.39, 0.29) is 23.5 Å². The topological polar surface area (TPSA) is 108 Å². The minimum absolute atomic E-state index is 0.0647. The zero-order valence-corrected chi connectivity index (χ0v) is 16.6. The molecule has 10 heteroatoms. The zero-order chi connectivity index (χ0) is 20.4. The first-order valence-electron chi connectivity index (χ1n) is 8.20. The van der Waals surface area contributed by atoms with Crippen molar-refractivity contribution in [3.8, 4) is 0 Å². The molecule has 3 N–H and O–H groups in total. The van der Waals surface area contributed by atoms with Gasteiger partial charge < -0.3 is 16.0 Å². The first kappa shape index (κ1) is 21.0. The molecule has 1 aliphatic heterocycles. The number of halogens is 2. The number of amides is 5. The first-order valence-corrected chi connectivity index (χ1v) is 8.96. The second-order valence-electron chi connectivity index (χ2n) is 6.57. The van der Waals surface area contributed by atoms with Crippen LogP contribution >= 0.6 is 23.2 Å². The number of nitrogens with zero attached hydrogens (tertiary/aromatic N) is 1. The number of benzene rings is 1. The van der Waals surface area contributed by atoms with Crippen molar-refractivity contribution < 1.29 is 19.2 Å². The van der Waals surface area contributed by atoms with Gasteiger partial charge in [-0.3, -0.25) is 19.3 Å². The molecule has 2 rings (SSSR count). The number of carbonyl (C=O) groups excluding carboxylic acids is 4. The molecule has 1 atom stereocenters. The van der Waals surface area contributed by atoms with Crippen LogP contribution < -0.4 is 16.0 Å². The van der Waals surface area contributed by atoms with Crippen LogP contribution in [0.2, 0.25) is 10.0 Å². The number of hydrogen-bond acceptors (Lipinski definition) is 4. The number of nitrogens with one attached hydrogen (secondary N) is 3. The Hall–Kier alpha value is -2.32. The van der Waals surface area contributed by atoms with Crippen LogP contribution in [0.1, 0.15) is 26.3 Å². The second-order valence-corrected chi connectivity index (χ2v) is 7.41. The number of urea groups is 1. The number of carbonyl (C=O) groups is 4. The monoisotopic (exact) mass is 414 g/mol. The Labute approximate surface area is 166 Å². The molecule has 0 radical (unpaired) electrons. The van der Waals surface area contributed by atoms with Gasteiger partial charge in [0.05, 0.1) is 6.54 Å². The molecule has 1 aromatic rings. The maximum absolute atomic E-state index is 12.8. The van der Waals surface area contributed by atoms with E-state index in [2.05, 4.69) is 16.0 Å². The predicted molar refractivity (Wildman–Crippen MR) is 100 cm³/mol. The van der Waals surface area contributed by atoms with Crippen LogP contribution in [-0.2, 0) is 19.9 Å². The predicted octanol–water partition coefficient (Wildman–Crippen LogP) is 1.40. The standard InChI is InChI=1S/C17H20Cl2N4O4/c1-9(2)21-13(24)7-20-14(25)8-23-15(26)17(3,22-16(23)27)11-5-4-10(18)6-12(11)19/h4-6,9H,7-8H2,1-3H3,(H,20,25)(H,21,24)(H,22,27)/t17-/m0/s1. The van der Waals surface area contributed by atoms with Crippen LogP contribution in [0, 0.1) is 0 Å². The highest BCUT2D eigenvalue weighted by molar-refractivity contribution is 6.35. The molecular weight excluding hydrogens is 395 g/mol. The highest BCUT2D eigenvalue weighted by atomic mass is 35.5. The van der Waals surface area contributed by atoms with E-state index in [1.807, 2.05) is 0 Å². The first-order chi connectivity index (χ1) is 12.5. The Bertz CT molecular complexity index is 799. The van der Waals surface area contributed by atoms with Crippen molar-refractivity contribution in [1.29, 1.82) is 0 Å². The average Bonchev–Trinajstić information content (AvgIpc) is 2.76. The van der Waals surface area contributed by atoms with Crippen molar-refractivity contribution in [3.05, 3.63) is 33.8 Å². The smallest absolute Gasteiger partial charge is 0.325 e. The lowest BCUT2D eigenvalue weighted by atomic mass is 9.92. The fourth-order valence-electron chi connectivity index (χ4n) is 2.67. The fourth-order valence-corrected chi connectivity index (χ4v) is 3.27. The summed E-state index contributed by atoms with van der Waals surface area (Å²) < 4.78 is 0. The molecule has 0 bridgehead atoms. The van der Waals surface area contributed by atoms with Crippen LogP contribution in [0.15, 0.2) is 18.2 Å². The third-order valence-corrected chi connectivity index (χ3v) is 4.49. The molecule has 5 amide bonds. The molecular formula is C17H20Cl2N4O4. The summed E-state index contributed by atoms with van der Waals surface area (Å²) in [5.41, 5.74) is -1.06. The van der Waals surface area contributed by atoms with Crippen LogP contribution in [-0.4, -0.2) is 47.8 Å². The summed E-state index contributed by atoms with van der Waals surface area (Å²) in [5, 5.41) is 8.15. The van der Waals surface area contributed by atoms with E-state index < -0.39 is 29.9 Å². The van der Waals surface area contributed by atoms with Gasteiger partial charge in [0.2, 0.25) is 11.8 Å². The van der Waals surface area contributed by atoms with Crippen molar-refractivity contribution in [3.63, 3.8) is 0 Å². The van der Waals surface area contributed by atoms with Crippen molar-refractivity contribution >= 4 is 47.0 Å². The molecule has 27 heavy (non-hydrogen) atoms. The Kier molecular flexibility index (Phi) is 6.33. The van der Waals surface area contributed by atoms with E-state index in [0.29, 0.717) is 10.6 Å². The van der Waals surface area contributed by atoms with E-state index in [1.165, 1.54) is 13.0 Å². The maximum atomic E-state index is 12.8. The van der Waals surface area contributed by atoms with E-state index in [4.69, 9.17) is 23.2 Å². The van der Waals surface area contributed by atoms with Crippen LogP contribution in [0.25, 0.3) is 0 Å². The highest BCUT2D eigenvalue weighted by Crippen LogP contribution is 2.34. The number of rotatable bonds is 6. The Balaban J connectivity index is 2.07. The Morgan fingerprint density at radius 1 is 1.22 bits per heavy atom. The summed E-state index contributed by atoms with van der Waals surface area (Å²) in [5.74, 6) is -1.63. The summed E-state index contributed by atoms with van der Waals surface area (Å²) in [6, 6.07) is 3.77. The minimum Gasteiger partial charge on any atom is -0.352 e. The molecule has 146 valence electrons. The molecule has 1 aliphatic rings. The largest absolute Gasteiger partial charge is 0.352 e. The SMILES string of the molecule is CC(C)NC(=O)CNC(=O)CN1C(=O)N[C@@](C)(c2ccc(Cl)cc2Cl)C1=O. The number of imide groups is 1. The molecule has 0 aliphatic carbocycles. The maximum Gasteiger partial charge on any atom is 0.325 e. The minimum atomic E-state index is -1.42. The lowest BCUT2D eigenvalue weighted by Crippen LogP contribution is -2.46. The van der Waals surface area contributed by atoms with Crippen molar-refractivity contribution in [2.24, 2.45) is 0 Å². The highest BCUT2D eigenvalue weighted by Gasteiger charge is 2.50. The zero-order valence-electron chi connectivity index (χ0n) is 15.1. The van der Waals surface area contributed by atoms with E-state index in [1.54, 1.807) is 26.0 Å². The second kappa shape index (κ2) is 8.14. The van der Waals surface area contributed by atoms with Crippen molar-refractivity contribution in [1.82, 2.24) is 20.9 Å². The van der Waals surface area contributed by atoms with E-state index in [9.17, 15) is 19.2 Å². The molecule has 1 aromatic carbocycles. The van der Waals surface area contributed by atoms with Crippen LogP contribution in [0.3, 0.4) is 0 Å². The normalized spacial score (nSPS) is 19.3. The lowest BCUT2D eigenvalue weighted by molar-refractivity contribution is -0.135. The van der Waals surface area contributed by atoms with Gasteiger partial charge in [0.1, 0.15) is 12.1 Å². The Morgan fingerprint density at radius 2 is 1.89 bits per heavy atom. The molecule has 0 spiro atoms. The molecule has 1 fully saturated rings. The van der Waals surface area contributed by atoms with Gasteiger partial charge in [0.15, 0.2) is 0 Å². The molecule has 0 unspecified atom stereocenters. The van der Waals surface area contributed by atoms with Crippen molar-refractivity contribution in [2.45, 2.75) is 32.4 Å². The van der Waals surface area contributed by atoms with Crippen LogP contribution in [0.4, 0.5) is 4.79 Å². The van der Waals surface area contributed by atoms with Crippen molar-refractivity contribution in [2.75, 3.05) is 13.1 Å². The quantitative estimate of drug-likeness (QED) is 0.611. The fraction of sp³-hybridized carbons (Fsp3) is 0.412. The summed E-state index contributed by atoms with van der Waals surface area (Å²) >= 11 is 12.0. The van der Waals surface area contributed by atoms with Gasteiger partial charge in [0.25, 0.3) is 5.91 Å². The van der Waals surface area contributed by atoms with Gasteiger partial charge in [-0.2, -0.15) is 0 Å². The summed E-state index contributed by atoms with van der Waals surface area (Å²) in [6.45, 7) is 4.31. The van der Waals surface area contributed by atoms with Gasteiger partial charge in [0, 0.05) is 21.7 Å². The van der Waals surface area contributed by atoms with Gasteiger partial charge in [-0.1, -0.05) is 29.3 Å². The molecule has 0 saturated carbocycles. The van der Waals surface area contributed by atoms with Gasteiger partial charge in [-0.15, -0.1) is 0 Å². The Morgan fingerprint density at radius 3 is 2.48 bits per heavy atom. The molecule has 8 nitrogen and oxygen atoms in total. The molecule has 0 aromatic heterocycles. The summed E-state index contributed by atoms with van der Waals surface area (Å²) in [4.78, 5) is 49.4. The molecule has 1 heterocycles. The van der Waals surface area contributed by atoms with Gasteiger partial charge in [-0.05, 0) is 32.9 Å². The molecule has 1 saturated heterocycles. The van der Waals surface area contributed by atoms with Crippen LogP contribution in [0.5, 0.6) is 0 Å².